The molecule has 1 aromatic carbocycles. The molecule has 0 saturated carbocycles. The van der Waals surface area contributed by atoms with Crippen LogP contribution in [-0.2, 0) is 11.2 Å². The first-order chi connectivity index (χ1) is 15.5. The zero-order valence-electron chi connectivity index (χ0n) is 16.8. The van der Waals surface area contributed by atoms with Crippen LogP contribution in [0.1, 0.15) is 5.56 Å². The first-order valence-electron chi connectivity index (χ1n) is 9.62. The van der Waals surface area contributed by atoms with Gasteiger partial charge in [-0.1, -0.05) is 12.1 Å². The lowest BCUT2D eigenvalue weighted by Gasteiger charge is -2.05. The lowest BCUT2D eigenvalue weighted by Crippen LogP contribution is -2.15. The van der Waals surface area contributed by atoms with E-state index in [1.807, 2.05) is 0 Å². The normalized spacial score (nSPS) is 11.2. The third-order valence-electron chi connectivity index (χ3n) is 5.00. The largest absolute Gasteiger partial charge is 0.497 e. The summed E-state index contributed by atoms with van der Waals surface area (Å²) in [6, 6.07) is 10.5. The van der Waals surface area contributed by atoms with Gasteiger partial charge in [0.05, 0.1) is 30.6 Å². The molecule has 32 heavy (non-hydrogen) atoms. The molecule has 0 atom stereocenters. The highest BCUT2D eigenvalue weighted by Crippen LogP contribution is 2.31. The van der Waals surface area contributed by atoms with E-state index in [0.29, 0.717) is 33.4 Å². The Labute approximate surface area is 179 Å². The van der Waals surface area contributed by atoms with Crippen molar-refractivity contribution in [1.29, 1.82) is 0 Å². The number of hydrogen-bond acceptors (Lipinski definition) is 5. The number of H-pyrrole nitrogens is 1. The van der Waals surface area contributed by atoms with Crippen molar-refractivity contribution in [3.05, 3.63) is 72.1 Å². The van der Waals surface area contributed by atoms with Crippen molar-refractivity contribution in [3.63, 3.8) is 0 Å². The summed E-state index contributed by atoms with van der Waals surface area (Å²) < 4.78 is 35.2. The lowest BCUT2D eigenvalue weighted by molar-refractivity contribution is -0.115. The molecule has 0 aliphatic rings. The van der Waals surface area contributed by atoms with Gasteiger partial charge in [0.2, 0.25) is 5.91 Å². The average molecular weight is 434 g/mol. The number of anilines is 1. The van der Waals surface area contributed by atoms with Crippen molar-refractivity contribution < 1.29 is 18.3 Å². The number of aromatic amines is 1. The molecule has 10 heteroatoms. The van der Waals surface area contributed by atoms with Crippen molar-refractivity contribution in [2.75, 3.05) is 12.4 Å². The number of rotatable bonds is 5. The number of hydrogen-bond donors (Lipinski definition) is 2. The summed E-state index contributed by atoms with van der Waals surface area (Å²) in [7, 11) is 1.54. The zero-order chi connectivity index (χ0) is 22.2. The van der Waals surface area contributed by atoms with Crippen LogP contribution in [0.15, 0.2) is 54.9 Å². The number of nitrogens with one attached hydrogen (secondary N) is 2. The molecular formula is C22H16F2N6O2. The molecule has 0 radical (unpaired) electrons. The van der Waals surface area contributed by atoms with Crippen molar-refractivity contribution in [2.24, 2.45) is 0 Å². The van der Waals surface area contributed by atoms with Crippen molar-refractivity contribution in [1.82, 2.24) is 24.8 Å². The molecule has 0 aliphatic carbocycles. The number of ether oxygens (including phenoxy) is 1. The zero-order valence-corrected chi connectivity index (χ0v) is 16.8. The maximum absolute atomic E-state index is 15.1. The van der Waals surface area contributed by atoms with Crippen molar-refractivity contribution in [3.8, 4) is 17.0 Å². The summed E-state index contributed by atoms with van der Waals surface area (Å²) in [5.74, 6) is -0.698. The average Bonchev–Trinajstić information content (AvgIpc) is 3.36. The number of amides is 1. The number of benzene rings is 1. The first-order valence-corrected chi connectivity index (χ1v) is 9.62. The Morgan fingerprint density at radius 1 is 1.22 bits per heavy atom. The van der Waals surface area contributed by atoms with Gasteiger partial charge in [-0.2, -0.15) is 10.2 Å². The van der Waals surface area contributed by atoms with Gasteiger partial charge in [0.1, 0.15) is 17.3 Å². The maximum Gasteiger partial charge on any atom is 0.230 e. The Morgan fingerprint density at radius 2 is 2.09 bits per heavy atom. The Hall–Kier alpha value is -4.34. The van der Waals surface area contributed by atoms with E-state index in [-0.39, 0.29) is 17.9 Å². The van der Waals surface area contributed by atoms with E-state index in [1.54, 1.807) is 36.0 Å². The Morgan fingerprint density at radius 3 is 2.91 bits per heavy atom. The second-order valence-corrected chi connectivity index (χ2v) is 7.10. The number of halogens is 2. The van der Waals surface area contributed by atoms with Gasteiger partial charge < -0.3 is 10.1 Å². The summed E-state index contributed by atoms with van der Waals surface area (Å²) in [5, 5.41) is 13.9. The maximum atomic E-state index is 15.1. The SMILES string of the molecule is COc1ccn2ncc(-c3nc4[nH]nc(NC(=O)Cc5cccc(F)c5)c4cc3F)c2c1. The molecule has 4 aromatic heterocycles. The smallest absolute Gasteiger partial charge is 0.230 e. The molecule has 0 aliphatic heterocycles. The minimum atomic E-state index is -0.600. The highest BCUT2D eigenvalue weighted by molar-refractivity contribution is 6.00. The molecule has 1 amide bonds. The van der Waals surface area contributed by atoms with Crippen LogP contribution in [0.5, 0.6) is 5.75 Å². The van der Waals surface area contributed by atoms with Gasteiger partial charge in [-0.05, 0) is 29.8 Å². The molecule has 5 aromatic rings. The van der Waals surface area contributed by atoms with E-state index in [1.165, 1.54) is 30.5 Å². The molecule has 160 valence electrons. The molecule has 0 bridgehead atoms. The van der Waals surface area contributed by atoms with Crippen LogP contribution in [0.25, 0.3) is 27.8 Å². The number of nitrogens with zero attached hydrogens (tertiary/aromatic N) is 4. The number of fused-ring (bicyclic) bond motifs is 2. The number of aromatic nitrogens is 5. The van der Waals surface area contributed by atoms with Crippen LogP contribution < -0.4 is 10.1 Å². The third-order valence-corrected chi connectivity index (χ3v) is 5.00. The van der Waals surface area contributed by atoms with Crippen LogP contribution in [0, 0.1) is 11.6 Å². The molecule has 0 spiro atoms. The second kappa shape index (κ2) is 7.73. The van der Waals surface area contributed by atoms with E-state index in [4.69, 9.17) is 4.74 Å². The monoisotopic (exact) mass is 434 g/mol. The van der Waals surface area contributed by atoms with E-state index in [2.05, 4.69) is 25.6 Å². The van der Waals surface area contributed by atoms with Gasteiger partial charge in [-0.15, -0.1) is 0 Å². The van der Waals surface area contributed by atoms with E-state index >= 15 is 4.39 Å². The number of methoxy groups -OCH3 is 1. The van der Waals surface area contributed by atoms with Gasteiger partial charge in [0.15, 0.2) is 17.3 Å². The fourth-order valence-electron chi connectivity index (χ4n) is 3.49. The lowest BCUT2D eigenvalue weighted by atomic mass is 10.1. The predicted molar refractivity (Wildman–Crippen MR) is 113 cm³/mol. The van der Waals surface area contributed by atoms with Crippen molar-refractivity contribution >= 4 is 28.3 Å². The standard InChI is InChI=1S/C22H16F2N6O2/c1-32-14-5-6-30-18(9-14)16(11-25-30)20-17(24)10-15-21(28-29-22(15)27-20)26-19(31)8-12-3-2-4-13(23)7-12/h2-7,9-11H,8H2,1H3,(H2,26,27,28,29,31). The van der Waals surface area contributed by atoms with Gasteiger partial charge in [0.25, 0.3) is 0 Å². The molecule has 4 heterocycles. The molecule has 0 saturated heterocycles. The molecule has 0 fully saturated rings. The Bertz CT molecular complexity index is 1480. The molecule has 0 unspecified atom stereocenters. The predicted octanol–water partition coefficient (Wildman–Crippen LogP) is 3.74. The number of carbonyl (C=O) groups excluding carboxylic acids is 1. The highest BCUT2D eigenvalue weighted by atomic mass is 19.1. The van der Waals surface area contributed by atoms with E-state index in [9.17, 15) is 9.18 Å². The quantitative estimate of drug-likeness (QED) is 0.439. The fourth-order valence-corrected chi connectivity index (χ4v) is 3.49. The summed E-state index contributed by atoms with van der Waals surface area (Å²) in [6.07, 6.45) is 3.17. The van der Waals surface area contributed by atoms with Crippen LogP contribution >= 0.6 is 0 Å². The Balaban J connectivity index is 1.47. The minimum absolute atomic E-state index is 0.0513. The van der Waals surface area contributed by atoms with E-state index in [0.717, 1.165) is 0 Å². The fraction of sp³-hybridized carbons (Fsp3) is 0.0909. The topological polar surface area (TPSA) is 97.2 Å². The molecule has 5 rings (SSSR count). The van der Waals surface area contributed by atoms with Gasteiger partial charge in [0, 0.05) is 17.8 Å². The molecular weight excluding hydrogens is 418 g/mol. The molecule has 2 N–H and O–H groups in total. The van der Waals surface area contributed by atoms with Gasteiger partial charge in [-0.3, -0.25) is 9.89 Å². The first kappa shape index (κ1) is 19.6. The van der Waals surface area contributed by atoms with Crippen molar-refractivity contribution in [2.45, 2.75) is 6.42 Å². The Kier molecular flexibility index (Phi) is 4.74. The van der Waals surface area contributed by atoms with Crippen LogP contribution in [0.4, 0.5) is 14.6 Å². The highest BCUT2D eigenvalue weighted by Gasteiger charge is 2.18. The summed E-state index contributed by atoms with van der Waals surface area (Å²) in [5.41, 5.74) is 2.00. The minimum Gasteiger partial charge on any atom is -0.497 e. The third kappa shape index (κ3) is 3.51. The van der Waals surface area contributed by atoms with Gasteiger partial charge in [-0.25, -0.2) is 18.3 Å². The van der Waals surface area contributed by atoms with E-state index < -0.39 is 17.5 Å². The molecule has 8 nitrogen and oxygen atoms in total. The number of carbonyl (C=O) groups is 1. The van der Waals surface area contributed by atoms with Gasteiger partial charge >= 0.3 is 0 Å². The van der Waals surface area contributed by atoms with Crippen LogP contribution in [0.2, 0.25) is 0 Å². The number of pyridine rings is 2. The second-order valence-electron chi connectivity index (χ2n) is 7.10. The summed E-state index contributed by atoms with van der Waals surface area (Å²) in [4.78, 5) is 16.7. The van der Waals surface area contributed by atoms with Crippen LogP contribution in [-0.4, -0.2) is 37.8 Å². The van der Waals surface area contributed by atoms with Crippen LogP contribution in [0.3, 0.4) is 0 Å². The summed E-state index contributed by atoms with van der Waals surface area (Å²) in [6.45, 7) is 0. The summed E-state index contributed by atoms with van der Waals surface area (Å²) >= 11 is 0.